The Labute approximate surface area is 100 Å². The lowest BCUT2D eigenvalue weighted by Crippen LogP contribution is -2.09. The highest BCUT2D eigenvalue weighted by molar-refractivity contribution is 5.47. The van der Waals surface area contributed by atoms with Crippen molar-refractivity contribution >= 4 is 6.41 Å². The molecular formula is C14H12NO2. The third kappa shape index (κ3) is 3.34. The Bertz CT molecular complexity index is 465. The molecule has 3 heteroatoms. The first-order chi connectivity index (χ1) is 8.38. The Kier molecular flexibility index (Phi) is 3.76. The van der Waals surface area contributed by atoms with Gasteiger partial charge in [0.05, 0.1) is 0 Å². The van der Waals surface area contributed by atoms with Crippen molar-refractivity contribution in [3.8, 4) is 11.5 Å². The summed E-state index contributed by atoms with van der Waals surface area (Å²) < 4.78 is 5.64. The van der Waals surface area contributed by atoms with Gasteiger partial charge in [-0.15, -0.1) is 0 Å². The van der Waals surface area contributed by atoms with Crippen molar-refractivity contribution in [3.05, 3.63) is 60.2 Å². The third-order valence-corrected chi connectivity index (χ3v) is 2.27. The van der Waals surface area contributed by atoms with Crippen molar-refractivity contribution in [2.75, 3.05) is 0 Å². The lowest BCUT2D eigenvalue weighted by molar-refractivity contribution is 0.482. The number of nitrogens with one attached hydrogen (secondary N) is 1. The summed E-state index contributed by atoms with van der Waals surface area (Å²) in [5, 5.41) is 2.49. The lowest BCUT2D eigenvalue weighted by Gasteiger charge is -2.06. The number of carbonyl (C=O) groups excluding carboxylic acids is 1. The summed E-state index contributed by atoms with van der Waals surface area (Å²) in [7, 11) is 0. The molecule has 1 N–H and O–H groups in total. The molecule has 0 heterocycles. The van der Waals surface area contributed by atoms with Gasteiger partial charge in [-0.3, -0.25) is 4.79 Å². The molecule has 0 atom stereocenters. The number of para-hydroxylation sites is 1. The van der Waals surface area contributed by atoms with Crippen molar-refractivity contribution in [2.45, 2.75) is 6.54 Å². The summed E-state index contributed by atoms with van der Waals surface area (Å²) in [4.78, 5) is 10.0. The summed E-state index contributed by atoms with van der Waals surface area (Å²) in [6.45, 7) is 0.481. The Morgan fingerprint density at radius 3 is 2.24 bits per heavy atom. The average Bonchev–Trinajstić information content (AvgIpc) is 2.39. The Morgan fingerprint density at radius 2 is 1.59 bits per heavy atom. The van der Waals surface area contributed by atoms with Crippen LogP contribution in [0, 0.1) is 0 Å². The Hall–Kier alpha value is -2.29. The van der Waals surface area contributed by atoms with Gasteiger partial charge in [0.2, 0.25) is 0 Å². The van der Waals surface area contributed by atoms with Crippen LogP contribution in [0.3, 0.4) is 0 Å². The number of hydrogen-bond acceptors (Lipinski definition) is 2. The maximum atomic E-state index is 10.0. The molecule has 0 spiro atoms. The molecule has 0 aliphatic carbocycles. The number of ether oxygens (including phenoxy) is 1. The largest absolute Gasteiger partial charge is 0.457 e. The fourth-order valence-corrected chi connectivity index (χ4v) is 1.44. The van der Waals surface area contributed by atoms with Gasteiger partial charge in [-0.05, 0) is 29.8 Å². The van der Waals surface area contributed by atoms with Crippen LogP contribution in [0.1, 0.15) is 5.56 Å². The van der Waals surface area contributed by atoms with Crippen molar-refractivity contribution in [1.82, 2.24) is 5.32 Å². The molecule has 2 aromatic rings. The topological polar surface area (TPSA) is 38.3 Å². The van der Waals surface area contributed by atoms with Gasteiger partial charge in [0.25, 0.3) is 0 Å². The molecule has 2 aromatic carbocycles. The van der Waals surface area contributed by atoms with Crippen molar-refractivity contribution in [2.24, 2.45) is 0 Å². The van der Waals surface area contributed by atoms with Crippen LogP contribution >= 0.6 is 0 Å². The number of amides is 1. The minimum atomic E-state index is 0.481. The van der Waals surface area contributed by atoms with E-state index < -0.39 is 0 Å². The minimum Gasteiger partial charge on any atom is -0.457 e. The first-order valence-corrected chi connectivity index (χ1v) is 5.30. The SMILES string of the molecule is O=[C]NCc1ccc(Oc2ccccc2)cc1. The van der Waals surface area contributed by atoms with E-state index in [0.29, 0.717) is 6.54 Å². The Balaban J connectivity index is 2.01. The second-order valence-corrected chi connectivity index (χ2v) is 3.51. The molecule has 0 saturated carbocycles. The van der Waals surface area contributed by atoms with E-state index in [9.17, 15) is 4.79 Å². The zero-order valence-corrected chi connectivity index (χ0v) is 9.22. The third-order valence-electron chi connectivity index (χ3n) is 2.27. The molecule has 2 rings (SSSR count). The van der Waals surface area contributed by atoms with E-state index in [1.807, 2.05) is 54.6 Å². The molecule has 0 aliphatic heterocycles. The van der Waals surface area contributed by atoms with Gasteiger partial charge >= 0.3 is 6.41 Å². The van der Waals surface area contributed by atoms with E-state index in [1.165, 1.54) is 0 Å². The smallest absolute Gasteiger partial charge is 0.309 e. The van der Waals surface area contributed by atoms with Crippen molar-refractivity contribution in [1.29, 1.82) is 0 Å². The number of rotatable bonds is 5. The molecule has 0 fully saturated rings. The fraction of sp³-hybridized carbons (Fsp3) is 0.0714. The second kappa shape index (κ2) is 5.70. The van der Waals surface area contributed by atoms with E-state index in [2.05, 4.69) is 5.32 Å². The molecule has 1 radical (unpaired) electrons. The normalized spacial score (nSPS) is 9.65. The fourth-order valence-electron chi connectivity index (χ4n) is 1.44. The van der Waals surface area contributed by atoms with Crippen LogP contribution in [0.2, 0.25) is 0 Å². The molecule has 0 bridgehead atoms. The Morgan fingerprint density at radius 1 is 0.941 bits per heavy atom. The highest BCUT2D eigenvalue weighted by Gasteiger charge is 1.97. The maximum Gasteiger partial charge on any atom is 0.309 e. The molecule has 0 aliphatic rings. The highest BCUT2D eigenvalue weighted by Crippen LogP contribution is 2.20. The highest BCUT2D eigenvalue weighted by atomic mass is 16.5. The van der Waals surface area contributed by atoms with Crippen LogP contribution in [0.4, 0.5) is 0 Å². The molecule has 0 aromatic heterocycles. The van der Waals surface area contributed by atoms with E-state index in [4.69, 9.17) is 4.74 Å². The van der Waals surface area contributed by atoms with Crippen LogP contribution in [0.15, 0.2) is 54.6 Å². The van der Waals surface area contributed by atoms with Crippen LogP contribution in [0.25, 0.3) is 0 Å². The predicted octanol–water partition coefficient (Wildman–Crippen LogP) is 2.64. The van der Waals surface area contributed by atoms with Gasteiger partial charge in [-0.25, -0.2) is 0 Å². The first-order valence-electron chi connectivity index (χ1n) is 5.30. The molecule has 3 nitrogen and oxygen atoms in total. The van der Waals surface area contributed by atoms with Gasteiger partial charge in [0.1, 0.15) is 11.5 Å². The van der Waals surface area contributed by atoms with Gasteiger partial charge in [0, 0.05) is 6.54 Å². The molecule has 17 heavy (non-hydrogen) atoms. The molecule has 0 unspecified atom stereocenters. The van der Waals surface area contributed by atoms with Gasteiger partial charge in [-0.1, -0.05) is 30.3 Å². The van der Waals surface area contributed by atoms with Crippen LogP contribution in [0.5, 0.6) is 11.5 Å². The van der Waals surface area contributed by atoms with E-state index in [0.717, 1.165) is 17.1 Å². The van der Waals surface area contributed by atoms with Crippen molar-refractivity contribution < 1.29 is 9.53 Å². The lowest BCUT2D eigenvalue weighted by atomic mass is 10.2. The van der Waals surface area contributed by atoms with Gasteiger partial charge in [0.15, 0.2) is 0 Å². The summed E-state index contributed by atoms with van der Waals surface area (Å²) in [5.41, 5.74) is 1.01. The van der Waals surface area contributed by atoms with Gasteiger partial charge in [-0.2, -0.15) is 0 Å². The van der Waals surface area contributed by atoms with Crippen LogP contribution in [-0.4, -0.2) is 6.41 Å². The molecule has 1 amide bonds. The first kappa shape index (κ1) is 11.2. The summed E-state index contributed by atoms with van der Waals surface area (Å²) in [6.07, 6.45) is 1.64. The van der Waals surface area contributed by atoms with E-state index in [-0.39, 0.29) is 0 Å². The summed E-state index contributed by atoms with van der Waals surface area (Å²) in [5.74, 6) is 1.58. The second-order valence-electron chi connectivity index (χ2n) is 3.51. The van der Waals surface area contributed by atoms with E-state index >= 15 is 0 Å². The maximum absolute atomic E-state index is 10.0. The van der Waals surface area contributed by atoms with E-state index in [1.54, 1.807) is 6.41 Å². The molecule has 85 valence electrons. The van der Waals surface area contributed by atoms with Crippen LogP contribution < -0.4 is 10.1 Å². The summed E-state index contributed by atoms with van der Waals surface area (Å²) in [6, 6.07) is 17.1. The monoisotopic (exact) mass is 226 g/mol. The van der Waals surface area contributed by atoms with Crippen LogP contribution in [-0.2, 0) is 11.3 Å². The predicted molar refractivity (Wildman–Crippen MR) is 65.5 cm³/mol. The zero-order valence-electron chi connectivity index (χ0n) is 9.22. The number of benzene rings is 2. The van der Waals surface area contributed by atoms with Crippen molar-refractivity contribution in [3.63, 3.8) is 0 Å². The molecule has 0 saturated heterocycles. The average molecular weight is 226 g/mol. The quantitative estimate of drug-likeness (QED) is 0.796. The van der Waals surface area contributed by atoms with Gasteiger partial charge < -0.3 is 10.1 Å². The summed E-state index contributed by atoms with van der Waals surface area (Å²) >= 11 is 0. The number of hydrogen-bond donors (Lipinski definition) is 1. The standard InChI is InChI=1S/C14H12NO2/c16-11-15-10-12-6-8-14(9-7-12)17-13-4-2-1-3-5-13/h1-9H,10H2,(H,15,16). The molecular weight excluding hydrogens is 214 g/mol. The zero-order chi connectivity index (χ0) is 11.9. The minimum absolute atomic E-state index is 0.481.